The van der Waals surface area contributed by atoms with Gasteiger partial charge >= 0.3 is 0 Å². The van der Waals surface area contributed by atoms with Crippen LogP contribution in [0.25, 0.3) is 0 Å². The summed E-state index contributed by atoms with van der Waals surface area (Å²) >= 11 is 0. The van der Waals surface area contributed by atoms with Gasteiger partial charge in [-0.05, 0) is 32.2 Å². The van der Waals surface area contributed by atoms with E-state index >= 15 is 0 Å². The van der Waals surface area contributed by atoms with Crippen molar-refractivity contribution in [1.82, 2.24) is 4.90 Å². The molecule has 0 aromatic rings. The Morgan fingerprint density at radius 2 is 2.29 bits per heavy atom. The first-order chi connectivity index (χ1) is 6.72. The van der Waals surface area contributed by atoms with Crippen LogP contribution in [-0.4, -0.2) is 43.8 Å². The van der Waals surface area contributed by atoms with Crippen molar-refractivity contribution < 1.29 is 4.74 Å². The summed E-state index contributed by atoms with van der Waals surface area (Å²) < 4.78 is 5.25. The second-order valence-corrected chi connectivity index (χ2v) is 4.40. The van der Waals surface area contributed by atoms with E-state index in [0.29, 0.717) is 18.0 Å². The van der Waals surface area contributed by atoms with Crippen LogP contribution in [0.3, 0.4) is 0 Å². The summed E-state index contributed by atoms with van der Waals surface area (Å²) in [6.07, 6.45) is 2.41. The largest absolute Gasteiger partial charge is 0.383 e. The van der Waals surface area contributed by atoms with Crippen LogP contribution in [0, 0.1) is 5.92 Å². The minimum atomic E-state index is 0.576. The molecule has 2 N–H and O–H groups in total. The first-order valence-corrected chi connectivity index (χ1v) is 5.67. The fourth-order valence-electron chi connectivity index (χ4n) is 2.49. The fourth-order valence-corrected chi connectivity index (χ4v) is 2.49. The lowest BCUT2D eigenvalue weighted by Crippen LogP contribution is -2.40. The molecule has 14 heavy (non-hydrogen) atoms. The molecular formula is C11H24N2O. The number of ether oxygens (including phenoxy) is 1. The van der Waals surface area contributed by atoms with Crippen molar-refractivity contribution in [1.29, 1.82) is 0 Å². The van der Waals surface area contributed by atoms with Crippen molar-refractivity contribution in [3.05, 3.63) is 0 Å². The number of hydrogen-bond acceptors (Lipinski definition) is 3. The van der Waals surface area contributed by atoms with E-state index in [4.69, 9.17) is 10.5 Å². The van der Waals surface area contributed by atoms with E-state index in [0.717, 1.165) is 26.1 Å². The number of hydrogen-bond donors (Lipinski definition) is 1. The average molecular weight is 200 g/mol. The fraction of sp³-hybridized carbons (Fsp3) is 1.00. The highest BCUT2D eigenvalue weighted by Gasteiger charge is 2.32. The lowest BCUT2D eigenvalue weighted by Gasteiger charge is -2.30. The third-order valence-electron chi connectivity index (χ3n) is 3.34. The zero-order chi connectivity index (χ0) is 10.6. The van der Waals surface area contributed by atoms with E-state index in [-0.39, 0.29) is 0 Å². The van der Waals surface area contributed by atoms with E-state index in [2.05, 4.69) is 18.7 Å². The SMILES string of the molecule is CCC(COC)N1CC(CN)CC1C. The third kappa shape index (κ3) is 2.69. The molecule has 0 radical (unpaired) electrons. The molecule has 0 aromatic carbocycles. The normalized spacial score (nSPS) is 30.9. The summed E-state index contributed by atoms with van der Waals surface area (Å²) in [4.78, 5) is 2.56. The molecular weight excluding hydrogens is 176 g/mol. The summed E-state index contributed by atoms with van der Waals surface area (Å²) in [6.45, 7) is 7.35. The molecule has 1 heterocycles. The molecule has 84 valence electrons. The summed E-state index contributed by atoms with van der Waals surface area (Å²) in [6, 6.07) is 1.25. The van der Waals surface area contributed by atoms with Crippen LogP contribution in [-0.2, 0) is 4.74 Å². The maximum atomic E-state index is 5.72. The number of likely N-dealkylation sites (tertiary alicyclic amines) is 1. The molecule has 3 unspecified atom stereocenters. The maximum Gasteiger partial charge on any atom is 0.0618 e. The zero-order valence-electron chi connectivity index (χ0n) is 9.70. The maximum absolute atomic E-state index is 5.72. The smallest absolute Gasteiger partial charge is 0.0618 e. The Morgan fingerprint density at radius 1 is 1.57 bits per heavy atom. The first-order valence-electron chi connectivity index (χ1n) is 5.67. The molecule has 0 amide bonds. The predicted octanol–water partition coefficient (Wildman–Crippen LogP) is 1.08. The topological polar surface area (TPSA) is 38.5 Å². The number of rotatable bonds is 5. The van der Waals surface area contributed by atoms with Crippen LogP contribution in [0.15, 0.2) is 0 Å². The quantitative estimate of drug-likeness (QED) is 0.722. The minimum absolute atomic E-state index is 0.576. The number of nitrogens with zero attached hydrogens (tertiary/aromatic N) is 1. The summed E-state index contributed by atoms with van der Waals surface area (Å²) in [7, 11) is 1.78. The molecule has 3 heteroatoms. The molecule has 0 bridgehead atoms. The molecule has 0 aromatic heterocycles. The van der Waals surface area contributed by atoms with Crippen LogP contribution in [0.5, 0.6) is 0 Å². The molecule has 1 aliphatic rings. The van der Waals surface area contributed by atoms with Gasteiger partial charge in [0.15, 0.2) is 0 Å². The molecule has 1 rings (SSSR count). The van der Waals surface area contributed by atoms with Crippen LogP contribution in [0.1, 0.15) is 26.7 Å². The molecule has 1 saturated heterocycles. The van der Waals surface area contributed by atoms with Crippen molar-refractivity contribution in [2.75, 3.05) is 26.8 Å². The van der Waals surface area contributed by atoms with E-state index in [9.17, 15) is 0 Å². The van der Waals surface area contributed by atoms with Crippen LogP contribution >= 0.6 is 0 Å². The molecule has 1 fully saturated rings. The second kappa shape index (κ2) is 5.69. The Kier molecular flexibility index (Phi) is 4.85. The number of methoxy groups -OCH3 is 1. The van der Waals surface area contributed by atoms with E-state index in [1.807, 2.05) is 0 Å². The highest BCUT2D eigenvalue weighted by molar-refractivity contribution is 4.87. The van der Waals surface area contributed by atoms with Gasteiger partial charge < -0.3 is 10.5 Å². The lowest BCUT2D eigenvalue weighted by atomic mass is 10.1. The van der Waals surface area contributed by atoms with Gasteiger partial charge in [0.2, 0.25) is 0 Å². The second-order valence-electron chi connectivity index (χ2n) is 4.40. The summed E-state index contributed by atoms with van der Waals surface area (Å²) in [5.74, 6) is 0.691. The van der Waals surface area contributed by atoms with Gasteiger partial charge in [-0.1, -0.05) is 6.92 Å². The van der Waals surface area contributed by atoms with Crippen molar-refractivity contribution >= 4 is 0 Å². The third-order valence-corrected chi connectivity index (χ3v) is 3.34. The number of nitrogens with two attached hydrogens (primary N) is 1. The van der Waals surface area contributed by atoms with Crippen molar-refractivity contribution in [3.63, 3.8) is 0 Å². The highest BCUT2D eigenvalue weighted by Crippen LogP contribution is 2.25. The minimum Gasteiger partial charge on any atom is -0.383 e. The van der Waals surface area contributed by atoms with Gasteiger partial charge in [-0.15, -0.1) is 0 Å². The van der Waals surface area contributed by atoms with E-state index in [1.165, 1.54) is 6.42 Å². The van der Waals surface area contributed by atoms with Gasteiger partial charge in [-0.3, -0.25) is 4.90 Å². The Morgan fingerprint density at radius 3 is 2.71 bits per heavy atom. The Bertz CT molecular complexity index is 163. The molecule has 0 spiro atoms. The molecule has 3 atom stereocenters. The van der Waals surface area contributed by atoms with Gasteiger partial charge in [0, 0.05) is 25.7 Å². The van der Waals surface area contributed by atoms with Gasteiger partial charge in [-0.25, -0.2) is 0 Å². The summed E-state index contributed by atoms with van der Waals surface area (Å²) in [5, 5.41) is 0. The monoisotopic (exact) mass is 200 g/mol. The molecule has 3 nitrogen and oxygen atoms in total. The average Bonchev–Trinajstić information content (AvgIpc) is 2.56. The highest BCUT2D eigenvalue weighted by atomic mass is 16.5. The van der Waals surface area contributed by atoms with Crippen LogP contribution in [0.4, 0.5) is 0 Å². The first kappa shape index (κ1) is 12.0. The van der Waals surface area contributed by atoms with E-state index in [1.54, 1.807) is 7.11 Å². The summed E-state index contributed by atoms with van der Waals surface area (Å²) in [5.41, 5.74) is 5.72. The van der Waals surface area contributed by atoms with Crippen LogP contribution in [0.2, 0.25) is 0 Å². The molecule has 0 aliphatic carbocycles. The van der Waals surface area contributed by atoms with Gasteiger partial charge in [0.25, 0.3) is 0 Å². The zero-order valence-corrected chi connectivity index (χ0v) is 9.70. The Balaban J connectivity index is 2.49. The van der Waals surface area contributed by atoms with E-state index < -0.39 is 0 Å². The molecule has 1 aliphatic heterocycles. The van der Waals surface area contributed by atoms with Gasteiger partial charge in [-0.2, -0.15) is 0 Å². The standard InChI is InChI=1S/C11H24N2O/c1-4-11(8-14-3)13-7-10(6-12)5-9(13)2/h9-11H,4-8,12H2,1-3H3. The van der Waals surface area contributed by atoms with Gasteiger partial charge in [0.05, 0.1) is 6.61 Å². The Labute approximate surface area is 87.6 Å². The van der Waals surface area contributed by atoms with Crippen LogP contribution < -0.4 is 5.73 Å². The lowest BCUT2D eigenvalue weighted by molar-refractivity contribution is 0.0821. The molecule has 0 saturated carbocycles. The Hall–Kier alpha value is -0.120. The predicted molar refractivity (Wildman–Crippen MR) is 59.3 cm³/mol. The van der Waals surface area contributed by atoms with Crippen molar-refractivity contribution in [2.24, 2.45) is 11.7 Å². The van der Waals surface area contributed by atoms with Crippen molar-refractivity contribution in [2.45, 2.75) is 38.8 Å². The van der Waals surface area contributed by atoms with Crippen molar-refractivity contribution in [3.8, 4) is 0 Å². The van der Waals surface area contributed by atoms with Gasteiger partial charge in [0.1, 0.15) is 0 Å².